The minimum absolute atomic E-state index is 0.212. The van der Waals surface area contributed by atoms with Crippen molar-refractivity contribution in [3.63, 3.8) is 0 Å². The van der Waals surface area contributed by atoms with Gasteiger partial charge in [0.1, 0.15) is 17.3 Å². The van der Waals surface area contributed by atoms with E-state index in [1.807, 2.05) is 36.4 Å². The maximum Gasteiger partial charge on any atom is 0.259 e. The molecule has 3 heterocycles. The van der Waals surface area contributed by atoms with Crippen molar-refractivity contribution >= 4 is 17.4 Å². The van der Waals surface area contributed by atoms with Crippen LogP contribution in [0.3, 0.4) is 0 Å². The summed E-state index contributed by atoms with van der Waals surface area (Å²) in [6.45, 7) is 5.71. The van der Waals surface area contributed by atoms with Crippen molar-refractivity contribution in [2.24, 2.45) is 0 Å². The van der Waals surface area contributed by atoms with Crippen molar-refractivity contribution in [1.29, 1.82) is 0 Å². The van der Waals surface area contributed by atoms with E-state index >= 15 is 0 Å². The first-order valence-corrected chi connectivity index (χ1v) is 10.9. The highest BCUT2D eigenvalue weighted by Gasteiger charge is 2.22. The van der Waals surface area contributed by atoms with Gasteiger partial charge in [0, 0.05) is 25.4 Å². The van der Waals surface area contributed by atoms with Crippen LogP contribution in [0.2, 0.25) is 0 Å². The zero-order valence-electron chi connectivity index (χ0n) is 18.0. The number of benzene rings is 2. The molecule has 5 rings (SSSR count). The van der Waals surface area contributed by atoms with Gasteiger partial charge in [-0.2, -0.15) is 0 Å². The van der Waals surface area contributed by atoms with Gasteiger partial charge < -0.3 is 24.4 Å². The number of nitrogens with one attached hydrogen (secondary N) is 1. The number of hydrogen-bond donors (Lipinski definition) is 1. The van der Waals surface area contributed by atoms with E-state index in [9.17, 15) is 4.79 Å². The number of amides is 1. The van der Waals surface area contributed by atoms with Crippen LogP contribution in [0.25, 0.3) is 11.1 Å². The number of rotatable bonds is 5. The van der Waals surface area contributed by atoms with Crippen LogP contribution in [-0.4, -0.2) is 43.8 Å². The number of aromatic nitrogens is 1. The van der Waals surface area contributed by atoms with E-state index in [2.05, 4.69) is 28.2 Å². The number of pyridine rings is 1. The summed E-state index contributed by atoms with van der Waals surface area (Å²) >= 11 is 0. The number of carbonyl (C=O) groups excluding carboxylic acids is 1. The fourth-order valence-corrected chi connectivity index (χ4v) is 3.85. The SMILES string of the molecule is CCCOc1ccc2c(c1)NC(=O)c1cc(-c3ccnc(N4CCOCC4)c3)ccc1O2. The van der Waals surface area contributed by atoms with Gasteiger partial charge in [0.15, 0.2) is 5.75 Å². The molecule has 0 spiro atoms. The molecule has 0 unspecified atom stereocenters. The molecule has 1 amide bonds. The van der Waals surface area contributed by atoms with Crippen molar-refractivity contribution in [3.8, 4) is 28.4 Å². The Hall–Kier alpha value is -3.58. The second-order valence-electron chi connectivity index (χ2n) is 7.78. The lowest BCUT2D eigenvalue weighted by Gasteiger charge is -2.28. The Morgan fingerprint density at radius 3 is 2.69 bits per heavy atom. The van der Waals surface area contributed by atoms with E-state index in [0.29, 0.717) is 48.3 Å². The first-order chi connectivity index (χ1) is 15.7. The van der Waals surface area contributed by atoms with E-state index in [-0.39, 0.29) is 5.91 Å². The third-order valence-corrected chi connectivity index (χ3v) is 5.53. The normalized spacial score (nSPS) is 15.2. The van der Waals surface area contributed by atoms with Gasteiger partial charge in [0.25, 0.3) is 5.91 Å². The molecular formula is C25H25N3O4. The first-order valence-electron chi connectivity index (χ1n) is 10.9. The van der Waals surface area contributed by atoms with E-state index < -0.39 is 0 Å². The summed E-state index contributed by atoms with van der Waals surface area (Å²) in [5.41, 5.74) is 3.01. The molecule has 1 saturated heterocycles. The van der Waals surface area contributed by atoms with Gasteiger partial charge in [0.05, 0.1) is 31.1 Å². The summed E-state index contributed by atoms with van der Waals surface area (Å²) in [6.07, 6.45) is 2.71. The lowest BCUT2D eigenvalue weighted by Crippen LogP contribution is -2.36. The molecule has 7 nitrogen and oxygen atoms in total. The van der Waals surface area contributed by atoms with Crippen molar-refractivity contribution < 1.29 is 19.0 Å². The molecule has 0 bridgehead atoms. The summed E-state index contributed by atoms with van der Waals surface area (Å²) in [6, 6.07) is 15.1. The average molecular weight is 431 g/mol. The predicted octanol–water partition coefficient (Wildman–Crippen LogP) is 4.73. The molecule has 0 saturated carbocycles. The molecular weight excluding hydrogens is 406 g/mol. The van der Waals surface area contributed by atoms with Crippen LogP contribution in [0.15, 0.2) is 54.7 Å². The fourth-order valence-electron chi connectivity index (χ4n) is 3.85. The van der Waals surface area contributed by atoms with Gasteiger partial charge in [-0.05, 0) is 53.9 Å². The Kier molecular flexibility index (Phi) is 5.64. The van der Waals surface area contributed by atoms with E-state index in [1.54, 1.807) is 12.3 Å². The zero-order chi connectivity index (χ0) is 21.9. The predicted molar refractivity (Wildman–Crippen MR) is 123 cm³/mol. The summed E-state index contributed by atoms with van der Waals surface area (Å²) in [4.78, 5) is 19.8. The molecule has 1 aromatic heterocycles. The van der Waals surface area contributed by atoms with Gasteiger partial charge in [-0.25, -0.2) is 4.98 Å². The van der Waals surface area contributed by atoms with Crippen molar-refractivity contribution in [1.82, 2.24) is 4.98 Å². The molecule has 2 aliphatic rings. The molecule has 2 aromatic carbocycles. The van der Waals surface area contributed by atoms with E-state index in [0.717, 1.165) is 36.5 Å². The minimum atomic E-state index is -0.212. The van der Waals surface area contributed by atoms with Crippen LogP contribution in [0.1, 0.15) is 23.7 Å². The van der Waals surface area contributed by atoms with Crippen molar-refractivity contribution in [3.05, 3.63) is 60.3 Å². The maximum absolute atomic E-state index is 13.0. The average Bonchev–Trinajstić information content (AvgIpc) is 2.98. The summed E-state index contributed by atoms with van der Waals surface area (Å²) in [5, 5.41) is 2.96. The van der Waals surface area contributed by atoms with Gasteiger partial charge in [-0.1, -0.05) is 13.0 Å². The quantitative estimate of drug-likeness (QED) is 0.630. The van der Waals surface area contributed by atoms with Crippen LogP contribution in [0.5, 0.6) is 17.2 Å². The monoisotopic (exact) mass is 431 g/mol. The maximum atomic E-state index is 13.0. The molecule has 7 heteroatoms. The number of morpholine rings is 1. The van der Waals surface area contributed by atoms with Gasteiger partial charge in [0.2, 0.25) is 0 Å². The number of ether oxygens (including phenoxy) is 3. The van der Waals surface area contributed by atoms with E-state index in [4.69, 9.17) is 14.2 Å². The Bertz CT molecular complexity index is 1140. The van der Waals surface area contributed by atoms with Crippen molar-refractivity contribution in [2.75, 3.05) is 43.1 Å². The molecule has 2 aliphatic heterocycles. The Labute approximate surface area is 186 Å². The van der Waals surface area contributed by atoms with Crippen LogP contribution in [0, 0.1) is 0 Å². The highest BCUT2D eigenvalue weighted by Crippen LogP contribution is 2.39. The number of hydrogen-bond acceptors (Lipinski definition) is 6. The van der Waals surface area contributed by atoms with Gasteiger partial charge >= 0.3 is 0 Å². The molecule has 164 valence electrons. The van der Waals surface area contributed by atoms with Crippen LogP contribution >= 0.6 is 0 Å². The molecule has 1 N–H and O–H groups in total. The highest BCUT2D eigenvalue weighted by atomic mass is 16.5. The second kappa shape index (κ2) is 8.88. The molecule has 0 atom stereocenters. The van der Waals surface area contributed by atoms with Gasteiger partial charge in [-0.15, -0.1) is 0 Å². The first kappa shape index (κ1) is 20.3. The zero-order valence-corrected chi connectivity index (χ0v) is 18.0. The smallest absolute Gasteiger partial charge is 0.259 e. The largest absolute Gasteiger partial charge is 0.494 e. The number of nitrogens with zero attached hydrogens (tertiary/aromatic N) is 2. The molecule has 3 aromatic rings. The molecule has 0 radical (unpaired) electrons. The summed E-state index contributed by atoms with van der Waals surface area (Å²) in [5.74, 6) is 2.51. The minimum Gasteiger partial charge on any atom is -0.494 e. The van der Waals surface area contributed by atoms with Crippen molar-refractivity contribution in [2.45, 2.75) is 13.3 Å². The molecule has 1 fully saturated rings. The van der Waals surface area contributed by atoms with E-state index in [1.165, 1.54) is 0 Å². The number of carbonyl (C=O) groups is 1. The second-order valence-corrected chi connectivity index (χ2v) is 7.78. The molecule has 32 heavy (non-hydrogen) atoms. The Balaban J connectivity index is 1.43. The topological polar surface area (TPSA) is 72.9 Å². The Morgan fingerprint density at radius 1 is 1.03 bits per heavy atom. The van der Waals surface area contributed by atoms with Crippen LogP contribution in [0.4, 0.5) is 11.5 Å². The van der Waals surface area contributed by atoms with Crippen LogP contribution < -0.4 is 19.7 Å². The number of anilines is 2. The fraction of sp³-hybridized carbons (Fsp3) is 0.280. The summed E-state index contributed by atoms with van der Waals surface area (Å²) < 4.78 is 17.2. The third-order valence-electron chi connectivity index (χ3n) is 5.53. The lowest BCUT2D eigenvalue weighted by molar-refractivity contribution is 0.102. The highest BCUT2D eigenvalue weighted by molar-refractivity contribution is 6.08. The number of fused-ring (bicyclic) bond motifs is 2. The lowest BCUT2D eigenvalue weighted by atomic mass is 10.0. The molecule has 0 aliphatic carbocycles. The summed E-state index contributed by atoms with van der Waals surface area (Å²) in [7, 11) is 0. The Morgan fingerprint density at radius 2 is 1.84 bits per heavy atom. The third kappa shape index (κ3) is 4.11. The van der Waals surface area contributed by atoms with Gasteiger partial charge in [-0.3, -0.25) is 4.79 Å². The van der Waals surface area contributed by atoms with Crippen LogP contribution in [-0.2, 0) is 4.74 Å². The standard InChI is InChI=1S/C25H25N3O4/c1-2-11-31-19-4-6-23-21(16-19)27-25(29)20-14-17(3-5-22(20)32-23)18-7-8-26-24(15-18)28-9-12-30-13-10-28/h3-8,14-16H,2,9-13H2,1H3,(H,27,29).